The summed E-state index contributed by atoms with van der Waals surface area (Å²) >= 11 is 0. The van der Waals surface area contributed by atoms with Gasteiger partial charge in [-0.15, -0.1) is 0 Å². The third kappa shape index (κ3) is 6.48. The molecule has 0 saturated heterocycles. The Labute approximate surface area is 164 Å². The summed E-state index contributed by atoms with van der Waals surface area (Å²) in [5.74, 6) is -0.925. The van der Waals surface area contributed by atoms with Gasteiger partial charge in [-0.25, -0.2) is 9.59 Å². The number of carbonyl (C=O) groups excluding carboxylic acids is 2. The van der Waals surface area contributed by atoms with E-state index < -0.39 is 11.9 Å². The first-order valence-electron chi connectivity index (χ1n) is 11.1. The monoisotopic (exact) mass is 372 g/mol. The van der Waals surface area contributed by atoms with Crippen LogP contribution in [0.1, 0.15) is 123 Å². The van der Waals surface area contributed by atoms with Crippen LogP contribution in [0.3, 0.4) is 0 Å². The Balaban J connectivity index is 1.99. The molecular formula is C24H36O3. The zero-order chi connectivity index (χ0) is 19.5. The van der Waals surface area contributed by atoms with Gasteiger partial charge in [-0.05, 0) is 42.9 Å². The maximum atomic E-state index is 12.2. The quantitative estimate of drug-likeness (QED) is 0.205. The average molecular weight is 373 g/mol. The number of hydrogen-bond donors (Lipinski definition) is 0. The summed E-state index contributed by atoms with van der Waals surface area (Å²) in [5, 5.41) is 0. The summed E-state index contributed by atoms with van der Waals surface area (Å²) in [6.07, 6.45) is 16.8. The van der Waals surface area contributed by atoms with Crippen LogP contribution in [0.15, 0.2) is 12.1 Å². The summed E-state index contributed by atoms with van der Waals surface area (Å²) in [6, 6.07) is 3.84. The topological polar surface area (TPSA) is 43.4 Å². The van der Waals surface area contributed by atoms with Crippen molar-refractivity contribution in [3.05, 3.63) is 34.4 Å². The number of fused-ring (bicyclic) bond motifs is 1. The zero-order valence-corrected chi connectivity index (χ0v) is 17.3. The third-order valence-corrected chi connectivity index (χ3v) is 5.60. The molecule has 27 heavy (non-hydrogen) atoms. The summed E-state index contributed by atoms with van der Waals surface area (Å²) in [5.41, 5.74) is 3.33. The first kappa shape index (κ1) is 21.7. The summed E-state index contributed by atoms with van der Waals surface area (Å²) in [4.78, 5) is 24.1. The van der Waals surface area contributed by atoms with Crippen LogP contribution < -0.4 is 0 Å². The fourth-order valence-electron chi connectivity index (χ4n) is 3.98. The molecule has 2 rings (SSSR count). The van der Waals surface area contributed by atoms with Crippen LogP contribution in [0, 0.1) is 0 Å². The van der Waals surface area contributed by atoms with Gasteiger partial charge in [-0.3, -0.25) is 0 Å². The van der Waals surface area contributed by atoms with Gasteiger partial charge in [0.2, 0.25) is 0 Å². The molecule has 1 aromatic carbocycles. The van der Waals surface area contributed by atoms with Crippen LogP contribution in [0.4, 0.5) is 0 Å². The number of unbranched alkanes of at least 4 members (excludes halogenated alkanes) is 10. The Morgan fingerprint density at radius 1 is 0.667 bits per heavy atom. The number of benzene rings is 1. The maximum Gasteiger partial charge on any atom is 0.347 e. The van der Waals surface area contributed by atoms with Gasteiger partial charge in [0, 0.05) is 0 Å². The SMILES string of the molecule is CCCCCCCCc1ccc2c(c1CCCCCCCC)C(=O)OC2=O. The Kier molecular flexibility index (Phi) is 9.58. The first-order valence-corrected chi connectivity index (χ1v) is 11.1. The van der Waals surface area contributed by atoms with Crippen LogP contribution in [-0.4, -0.2) is 11.9 Å². The second-order valence-corrected chi connectivity index (χ2v) is 7.84. The number of carbonyl (C=O) groups is 2. The molecule has 0 unspecified atom stereocenters. The van der Waals surface area contributed by atoms with Crippen molar-refractivity contribution in [2.45, 2.75) is 104 Å². The Morgan fingerprint density at radius 3 is 1.85 bits per heavy atom. The normalized spacial score (nSPS) is 13.1. The molecule has 150 valence electrons. The van der Waals surface area contributed by atoms with Gasteiger partial charge in [0.1, 0.15) is 0 Å². The highest BCUT2D eigenvalue weighted by Gasteiger charge is 2.32. The Morgan fingerprint density at radius 2 is 1.22 bits per heavy atom. The molecule has 3 nitrogen and oxygen atoms in total. The van der Waals surface area contributed by atoms with Crippen molar-refractivity contribution in [2.75, 3.05) is 0 Å². The van der Waals surface area contributed by atoms with Crippen LogP contribution in [0.5, 0.6) is 0 Å². The van der Waals surface area contributed by atoms with Gasteiger partial charge in [0.05, 0.1) is 11.1 Å². The van der Waals surface area contributed by atoms with Crippen LogP contribution in [-0.2, 0) is 17.6 Å². The Hall–Kier alpha value is -1.64. The van der Waals surface area contributed by atoms with Crippen molar-refractivity contribution in [1.29, 1.82) is 0 Å². The smallest absolute Gasteiger partial charge is 0.347 e. The van der Waals surface area contributed by atoms with Crippen molar-refractivity contribution in [3.63, 3.8) is 0 Å². The molecule has 1 aromatic rings. The highest BCUT2D eigenvalue weighted by Crippen LogP contribution is 2.29. The van der Waals surface area contributed by atoms with Crippen molar-refractivity contribution in [1.82, 2.24) is 0 Å². The van der Waals surface area contributed by atoms with Crippen LogP contribution in [0.25, 0.3) is 0 Å². The minimum atomic E-state index is -0.481. The summed E-state index contributed by atoms with van der Waals surface area (Å²) in [7, 11) is 0. The van der Waals surface area contributed by atoms with E-state index in [2.05, 4.69) is 19.9 Å². The summed E-state index contributed by atoms with van der Waals surface area (Å²) < 4.78 is 4.88. The van der Waals surface area contributed by atoms with Gasteiger partial charge < -0.3 is 4.74 Å². The van der Waals surface area contributed by atoms with Gasteiger partial charge in [0.25, 0.3) is 0 Å². The number of aryl methyl sites for hydroxylation is 1. The number of ether oxygens (including phenoxy) is 1. The number of rotatable bonds is 14. The number of esters is 2. The lowest BCUT2D eigenvalue weighted by molar-refractivity contribution is 0.0443. The predicted octanol–water partition coefficient (Wildman–Crippen LogP) is 6.80. The fraction of sp³-hybridized carbons (Fsp3) is 0.667. The highest BCUT2D eigenvalue weighted by molar-refractivity contribution is 6.15. The van der Waals surface area contributed by atoms with Gasteiger partial charge in [-0.2, -0.15) is 0 Å². The second kappa shape index (κ2) is 11.9. The molecule has 0 atom stereocenters. The standard InChI is InChI=1S/C24H36O3/c1-3-5-7-9-11-13-15-19-17-18-21-22(24(26)27-23(21)25)20(19)16-14-12-10-8-6-4-2/h17-18H,3-16H2,1-2H3. The van der Waals surface area contributed by atoms with E-state index >= 15 is 0 Å². The highest BCUT2D eigenvalue weighted by atomic mass is 16.6. The van der Waals surface area contributed by atoms with E-state index in [1.165, 1.54) is 69.8 Å². The van der Waals surface area contributed by atoms with Gasteiger partial charge >= 0.3 is 11.9 Å². The van der Waals surface area contributed by atoms with Gasteiger partial charge in [0.15, 0.2) is 0 Å². The number of cyclic esters (lactones) is 2. The molecule has 3 heteroatoms. The molecule has 0 bridgehead atoms. The van der Waals surface area contributed by atoms with E-state index in [9.17, 15) is 9.59 Å². The van der Waals surface area contributed by atoms with Crippen molar-refractivity contribution in [2.24, 2.45) is 0 Å². The third-order valence-electron chi connectivity index (χ3n) is 5.60. The molecule has 0 spiro atoms. The molecule has 0 amide bonds. The molecule has 0 aliphatic carbocycles. The van der Waals surface area contributed by atoms with E-state index in [1.807, 2.05) is 0 Å². The minimum Gasteiger partial charge on any atom is -0.386 e. The van der Waals surface area contributed by atoms with Crippen molar-refractivity contribution >= 4 is 11.9 Å². The molecule has 0 radical (unpaired) electrons. The lowest BCUT2D eigenvalue weighted by atomic mass is 9.90. The maximum absolute atomic E-state index is 12.2. The first-order chi connectivity index (χ1) is 13.2. The van der Waals surface area contributed by atoms with Crippen LogP contribution >= 0.6 is 0 Å². The lowest BCUT2D eigenvalue weighted by Crippen LogP contribution is -2.05. The van der Waals surface area contributed by atoms with E-state index in [0.29, 0.717) is 11.1 Å². The fourth-order valence-corrected chi connectivity index (χ4v) is 3.98. The molecule has 1 aliphatic heterocycles. The zero-order valence-electron chi connectivity index (χ0n) is 17.3. The van der Waals surface area contributed by atoms with E-state index in [-0.39, 0.29) is 0 Å². The molecule has 0 N–H and O–H groups in total. The molecule has 1 aliphatic rings. The van der Waals surface area contributed by atoms with Crippen molar-refractivity contribution < 1.29 is 14.3 Å². The van der Waals surface area contributed by atoms with Crippen molar-refractivity contribution in [3.8, 4) is 0 Å². The van der Waals surface area contributed by atoms with Gasteiger partial charge in [-0.1, -0.05) is 84.1 Å². The van der Waals surface area contributed by atoms with E-state index in [4.69, 9.17) is 4.74 Å². The number of hydrogen-bond acceptors (Lipinski definition) is 3. The molecule has 0 saturated carbocycles. The minimum absolute atomic E-state index is 0.444. The predicted molar refractivity (Wildman–Crippen MR) is 110 cm³/mol. The second-order valence-electron chi connectivity index (χ2n) is 7.84. The molecular weight excluding hydrogens is 336 g/mol. The average Bonchev–Trinajstić information content (AvgIpc) is 2.95. The summed E-state index contributed by atoms with van der Waals surface area (Å²) in [6.45, 7) is 4.46. The Bertz CT molecular complexity index is 618. The van der Waals surface area contributed by atoms with E-state index in [0.717, 1.165) is 31.2 Å². The lowest BCUT2D eigenvalue weighted by Gasteiger charge is -2.13. The van der Waals surface area contributed by atoms with Crippen LogP contribution in [0.2, 0.25) is 0 Å². The largest absolute Gasteiger partial charge is 0.386 e. The molecule has 0 fully saturated rings. The van der Waals surface area contributed by atoms with E-state index in [1.54, 1.807) is 6.07 Å². The molecule has 0 aromatic heterocycles. The molecule has 1 heterocycles.